The summed E-state index contributed by atoms with van der Waals surface area (Å²) < 4.78 is 4.75. The first-order chi connectivity index (χ1) is 7.25. The van der Waals surface area contributed by atoms with E-state index >= 15 is 0 Å². The number of hydrogen-bond donors (Lipinski definition) is 2. The van der Waals surface area contributed by atoms with Gasteiger partial charge in [0.25, 0.3) is 0 Å². The molecule has 0 bridgehead atoms. The summed E-state index contributed by atoms with van der Waals surface area (Å²) in [5.41, 5.74) is 13.0. The van der Waals surface area contributed by atoms with E-state index in [4.69, 9.17) is 16.0 Å². The second-order valence-electron chi connectivity index (χ2n) is 2.97. The zero-order valence-electron chi connectivity index (χ0n) is 7.92. The third-order valence-electron chi connectivity index (χ3n) is 1.86. The van der Waals surface area contributed by atoms with Crippen molar-refractivity contribution in [3.63, 3.8) is 0 Å². The van der Waals surface area contributed by atoms with E-state index in [0.29, 0.717) is 5.69 Å². The van der Waals surface area contributed by atoms with Crippen LogP contribution in [-0.4, -0.2) is 11.1 Å². The number of rotatable bonds is 2. The molecule has 0 aliphatic rings. The summed E-state index contributed by atoms with van der Waals surface area (Å²) in [6, 6.07) is 9.16. The topological polar surface area (TPSA) is 90.4 Å². The molecule has 0 aliphatic carbocycles. The lowest BCUT2D eigenvalue weighted by Gasteiger charge is -1.97. The molecule has 2 rings (SSSR count). The summed E-state index contributed by atoms with van der Waals surface area (Å²) in [6.45, 7) is 0. The van der Waals surface area contributed by atoms with Crippen molar-refractivity contribution < 1.29 is 4.52 Å². The number of nitrogens with zero attached hydrogens (tertiary/aromatic N) is 2. The lowest BCUT2D eigenvalue weighted by molar-refractivity contribution is 0.422. The highest BCUT2D eigenvalue weighted by atomic mass is 16.5. The van der Waals surface area contributed by atoms with Crippen LogP contribution in [0.15, 0.2) is 46.1 Å². The molecule has 0 aliphatic heterocycles. The molecule has 2 aromatic rings. The summed E-state index contributed by atoms with van der Waals surface area (Å²) in [6.07, 6.45) is 1.53. The van der Waals surface area contributed by atoms with Crippen LogP contribution < -0.4 is 11.5 Å². The van der Waals surface area contributed by atoms with Gasteiger partial charge in [-0.15, -0.1) is 0 Å². The summed E-state index contributed by atoms with van der Waals surface area (Å²) >= 11 is 0. The van der Waals surface area contributed by atoms with Gasteiger partial charge in [0.1, 0.15) is 12.0 Å². The Morgan fingerprint density at radius 3 is 2.40 bits per heavy atom. The average Bonchev–Trinajstić information content (AvgIpc) is 2.71. The van der Waals surface area contributed by atoms with E-state index in [1.165, 1.54) is 6.26 Å². The Labute approximate surface area is 86.4 Å². The third kappa shape index (κ3) is 2.14. The molecule has 1 aromatic carbocycles. The number of aliphatic imine (C=N–C) groups is 1. The average molecular weight is 202 g/mol. The zero-order chi connectivity index (χ0) is 10.7. The van der Waals surface area contributed by atoms with E-state index in [0.717, 1.165) is 11.3 Å². The van der Waals surface area contributed by atoms with Crippen molar-refractivity contribution in [2.24, 2.45) is 16.5 Å². The fourth-order valence-electron chi connectivity index (χ4n) is 1.22. The van der Waals surface area contributed by atoms with Crippen molar-refractivity contribution in [2.45, 2.75) is 0 Å². The van der Waals surface area contributed by atoms with Gasteiger partial charge in [0.05, 0.1) is 5.69 Å². The van der Waals surface area contributed by atoms with Gasteiger partial charge in [-0.1, -0.05) is 17.3 Å². The number of benzene rings is 1. The molecule has 0 radical (unpaired) electrons. The van der Waals surface area contributed by atoms with Crippen LogP contribution >= 0.6 is 0 Å². The highest BCUT2D eigenvalue weighted by molar-refractivity contribution is 5.79. The molecule has 0 unspecified atom stereocenters. The number of guanidine groups is 1. The molecule has 5 nitrogen and oxygen atoms in total. The van der Waals surface area contributed by atoms with Gasteiger partial charge in [0.15, 0.2) is 5.96 Å². The van der Waals surface area contributed by atoms with Crippen molar-refractivity contribution in [1.82, 2.24) is 5.16 Å². The first kappa shape index (κ1) is 9.26. The minimum Gasteiger partial charge on any atom is -0.370 e. The van der Waals surface area contributed by atoms with Gasteiger partial charge in [-0.2, -0.15) is 0 Å². The fourth-order valence-corrected chi connectivity index (χ4v) is 1.22. The Hall–Kier alpha value is -2.30. The molecule has 5 heteroatoms. The predicted molar refractivity (Wildman–Crippen MR) is 57.4 cm³/mol. The molecule has 76 valence electrons. The second kappa shape index (κ2) is 3.83. The first-order valence-corrected chi connectivity index (χ1v) is 4.36. The van der Waals surface area contributed by atoms with Gasteiger partial charge in [0.2, 0.25) is 0 Å². The third-order valence-corrected chi connectivity index (χ3v) is 1.86. The molecule has 0 amide bonds. The number of aromatic nitrogens is 1. The molecule has 1 heterocycles. The molecule has 4 N–H and O–H groups in total. The minimum atomic E-state index is 0.0455. The molecule has 0 saturated carbocycles. The Balaban J connectivity index is 2.29. The van der Waals surface area contributed by atoms with Crippen LogP contribution in [0.25, 0.3) is 11.3 Å². The highest BCUT2D eigenvalue weighted by Crippen LogP contribution is 2.20. The molecule has 0 saturated heterocycles. The van der Waals surface area contributed by atoms with Gasteiger partial charge < -0.3 is 16.0 Å². The van der Waals surface area contributed by atoms with Gasteiger partial charge in [-0.3, -0.25) is 0 Å². The molecule has 15 heavy (non-hydrogen) atoms. The summed E-state index contributed by atoms with van der Waals surface area (Å²) in [5.74, 6) is 0.0455. The van der Waals surface area contributed by atoms with Crippen molar-refractivity contribution in [2.75, 3.05) is 0 Å². The van der Waals surface area contributed by atoms with Crippen LogP contribution in [0.5, 0.6) is 0 Å². The van der Waals surface area contributed by atoms with Gasteiger partial charge >= 0.3 is 0 Å². The van der Waals surface area contributed by atoms with E-state index in [1.807, 2.05) is 24.3 Å². The maximum Gasteiger partial charge on any atom is 0.191 e. The molecule has 0 spiro atoms. The Bertz CT molecular complexity index is 455. The maximum atomic E-state index is 5.26. The van der Waals surface area contributed by atoms with Crippen LogP contribution in [0.1, 0.15) is 0 Å². The largest absolute Gasteiger partial charge is 0.370 e. The van der Waals surface area contributed by atoms with Crippen LogP contribution in [0.4, 0.5) is 5.69 Å². The van der Waals surface area contributed by atoms with Gasteiger partial charge in [-0.25, -0.2) is 4.99 Å². The maximum absolute atomic E-state index is 5.26. The van der Waals surface area contributed by atoms with Crippen LogP contribution in [0.3, 0.4) is 0 Å². The molecular weight excluding hydrogens is 192 g/mol. The van der Waals surface area contributed by atoms with E-state index in [2.05, 4.69) is 10.1 Å². The van der Waals surface area contributed by atoms with E-state index in [1.54, 1.807) is 6.07 Å². The summed E-state index contributed by atoms with van der Waals surface area (Å²) in [7, 11) is 0. The van der Waals surface area contributed by atoms with E-state index < -0.39 is 0 Å². The molecule has 0 fully saturated rings. The molecule has 1 aromatic heterocycles. The predicted octanol–water partition coefficient (Wildman–Crippen LogP) is 1.25. The summed E-state index contributed by atoms with van der Waals surface area (Å²) in [4.78, 5) is 3.91. The van der Waals surface area contributed by atoms with Crippen molar-refractivity contribution in [3.8, 4) is 11.3 Å². The highest BCUT2D eigenvalue weighted by Gasteiger charge is 2.00. The number of hydrogen-bond acceptors (Lipinski definition) is 3. The van der Waals surface area contributed by atoms with Crippen molar-refractivity contribution >= 4 is 11.6 Å². The Kier molecular flexibility index (Phi) is 2.37. The standard InChI is InChI=1S/C10H10N4O/c11-10(12)13-8-3-1-7(2-4-8)9-5-6-15-14-9/h1-6H,(H4,11,12,13). The van der Waals surface area contributed by atoms with E-state index in [-0.39, 0.29) is 5.96 Å². The van der Waals surface area contributed by atoms with Gasteiger partial charge in [0, 0.05) is 11.6 Å². The van der Waals surface area contributed by atoms with Crippen molar-refractivity contribution in [1.29, 1.82) is 0 Å². The summed E-state index contributed by atoms with van der Waals surface area (Å²) in [5, 5.41) is 3.82. The van der Waals surface area contributed by atoms with Crippen LogP contribution in [0, 0.1) is 0 Å². The van der Waals surface area contributed by atoms with Gasteiger partial charge in [-0.05, 0) is 12.1 Å². The monoisotopic (exact) mass is 202 g/mol. The zero-order valence-corrected chi connectivity index (χ0v) is 7.92. The second-order valence-corrected chi connectivity index (χ2v) is 2.97. The van der Waals surface area contributed by atoms with E-state index in [9.17, 15) is 0 Å². The quantitative estimate of drug-likeness (QED) is 0.566. The Morgan fingerprint density at radius 1 is 1.13 bits per heavy atom. The van der Waals surface area contributed by atoms with Crippen molar-refractivity contribution in [3.05, 3.63) is 36.6 Å². The number of nitrogens with two attached hydrogens (primary N) is 2. The smallest absolute Gasteiger partial charge is 0.191 e. The normalized spacial score (nSPS) is 9.87. The fraction of sp³-hybridized carbons (Fsp3) is 0. The van der Waals surface area contributed by atoms with Crippen LogP contribution in [0.2, 0.25) is 0 Å². The lowest BCUT2D eigenvalue weighted by Crippen LogP contribution is -2.21. The lowest BCUT2D eigenvalue weighted by atomic mass is 10.1. The molecule has 0 atom stereocenters. The van der Waals surface area contributed by atoms with Crippen LogP contribution in [-0.2, 0) is 0 Å². The Morgan fingerprint density at radius 2 is 1.87 bits per heavy atom. The minimum absolute atomic E-state index is 0.0455. The first-order valence-electron chi connectivity index (χ1n) is 4.36. The molecular formula is C10H10N4O. The SMILES string of the molecule is NC(N)=Nc1ccc(-c2ccon2)cc1.